The molecule has 0 aliphatic rings. The van der Waals surface area contributed by atoms with E-state index in [2.05, 4.69) is 15.0 Å². The van der Waals surface area contributed by atoms with Crippen LogP contribution < -0.4 is 11.2 Å². The van der Waals surface area contributed by atoms with E-state index in [1.807, 2.05) is 6.92 Å². The molecule has 2 N–H and O–H groups in total. The lowest BCUT2D eigenvalue weighted by Gasteiger charge is -2.02. The summed E-state index contributed by atoms with van der Waals surface area (Å²) in [6.45, 7) is 2.41. The molecule has 0 saturated heterocycles. The van der Waals surface area contributed by atoms with Gasteiger partial charge in [0.1, 0.15) is 11.3 Å². The molecule has 120 valence electrons. The summed E-state index contributed by atoms with van der Waals surface area (Å²) in [5, 5.41) is 0. The second-order valence-corrected chi connectivity index (χ2v) is 5.13. The fourth-order valence-electron chi connectivity index (χ4n) is 2.12. The number of hydrogen-bond acceptors (Lipinski definition) is 5. The van der Waals surface area contributed by atoms with Gasteiger partial charge in [-0.3, -0.25) is 19.1 Å². The molecule has 0 radical (unpaired) electrons. The Hall–Kier alpha value is -2.38. The molecule has 0 bridgehead atoms. The molecule has 8 heteroatoms. The van der Waals surface area contributed by atoms with Crippen molar-refractivity contribution in [1.82, 2.24) is 19.5 Å². The number of unbranched alkanes of at least 4 members (excludes halogenated alkanes) is 1. The molecule has 0 aliphatic carbocycles. The summed E-state index contributed by atoms with van der Waals surface area (Å²) < 4.78 is 6.28. The van der Waals surface area contributed by atoms with Gasteiger partial charge in [0.2, 0.25) is 0 Å². The molecule has 2 aromatic heterocycles. The third kappa shape index (κ3) is 3.63. The summed E-state index contributed by atoms with van der Waals surface area (Å²) in [6, 6.07) is 0. The fourth-order valence-corrected chi connectivity index (χ4v) is 2.12. The zero-order chi connectivity index (χ0) is 16.1. The second-order valence-electron chi connectivity index (χ2n) is 5.13. The van der Waals surface area contributed by atoms with Crippen molar-refractivity contribution >= 4 is 17.1 Å². The molecule has 2 rings (SSSR count). The number of hydrogen-bond donors (Lipinski definition) is 2. The minimum Gasteiger partial charge on any atom is -0.466 e. The van der Waals surface area contributed by atoms with Crippen LogP contribution in [-0.2, 0) is 23.0 Å². The van der Waals surface area contributed by atoms with E-state index in [0.717, 1.165) is 12.8 Å². The number of ether oxygens (including phenoxy) is 1. The van der Waals surface area contributed by atoms with Crippen LogP contribution in [0.3, 0.4) is 0 Å². The second kappa shape index (κ2) is 7.06. The number of aromatic nitrogens is 4. The molecular weight excluding hydrogens is 288 g/mol. The highest BCUT2D eigenvalue weighted by molar-refractivity contribution is 5.69. The Balaban J connectivity index is 1.94. The van der Waals surface area contributed by atoms with Crippen molar-refractivity contribution in [1.29, 1.82) is 0 Å². The maximum absolute atomic E-state index is 11.7. The van der Waals surface area contributed by atoms with Crippen molar-refractivity contribution in [3.05, 3.63) is 26.7 Å². The molecule has 22 heavy (non-hydrogen) atoms. The molecule has 0 saturated carbocycles. The first-order valence-electron chi connectivity index (χ1n) is 7.36. The van der Waals surface area contributed by atoms with Gasteiger partial charge in [0.05, 0.1) is 6.61 Å². The molecular formula is C14H20N4O4. The first kappa shape index (κ1) is 16.0. The van der Waals surface area contributed by atoms with Crippen molar-refractivity contribution in [3.8, 4) is 0 Å². The lowest BCUT2D eigenvalue weighted by atomic mass is 10.2. The molecule has 0 atom stereocenters. The number of carbonyl (C=O) groups excluding carboxylic acids is 1. The molecule has 0 unspecified atom stereocenters. The number of nitrogens with one attached hydrogen (secondary N) is 2. The van der Waals surface area contributed by atoms with Crippen LogP contribution in [0.4, 0.5) is 0 Å². The standard InChI is InChI=1S/C14H20N4O4/c1-3-8-22-10(19)7-5-4-6-9-15-11-12(16-9)18(2)14(21)17-13(11)20/h3-8H2,1-2H3,(H,15,16)(H,17,20,21). The van der Waals surface area contributed by atoms with E-state index in [1.165, 1.54) is 4.57 Å². The SMILES string of the molecule is CCCOC(=O)CCCCc1nc2c([nH]1)c(=O)[nH]c(=O)n2C. The van der Waals surface area contributed by atoms with E-state index in [-0.39, 0.29) is 5.97 Å². The highest BCUT2D eigenvalue weighted by atomic mass is 16.5. The molecule has 8 nitrogen and oxygen atoms in total. The molecule has 2 aromatic rings. The van der Waals surface area contributed by atoms with E-state index in [0.29, 0.717) is 42.9 Å². The lowest BCUT2D eigenvalue weighted by Crippen LogP contribution is -2.28. The summed E-state index contributed by atoms with van der Waals surface area (Å²) >= 11 is 0. The van der Waals surface area contributed by atoms with E-state index >= 15 is 0 Å². The van der Waals surface area contributed by atoms with Crippen molar-refractivity contribution in [2.75, 3.05) is 6.61 Å². The smallest absolute Gasteiger partial charge is 0.329 e. The van der Waals surface area contributed by atoms with Gasteiger partial charge in [-0.15, -0.1) is 0 Å². The third-order valence-corrected chi connectivity index (χ3v) is 3.32. The van der Waals surface area contributed by atoms with Gasteiger partial charge >= 0.3 is 11.7 Å². The average molecular weight is 308 g/mol. The van der Waals surface area contributed by atoms with Gasteiger partial charge in [0.25, 0.3) is 5.56 Å². The Morgan fingerprint density at radius 3 is 2.77 bits per heavy atom. The summed E-state index contributed by atoms with van der Waals surface area (Å²) in [5.41, 5.74) is -0.334. The number of imidazole rings is 1. The monoisotopic (exact) mass is 308 g/mol. The largest absolute Gasteiger partial charge is 0.466 e. The first-order valence-corrected chi connectivity index (χ1v) is 7.36. The third-order valence-electron chi connectivity index (χ3n) is 3.32. The molecule has 0 aliphatic heterocycles. The minimum atomic E-state index is -0.491. The molecule has 0 amide bonds. The predicted molar refractivity (Wildman–Crippen MR) is 80.8 cm³/mol. The van der Waals surface area contributed by atoms with Gasteiger partial charge in [-0.05, 0) is 19.3 Å². The van der Waals surface area contributed by atoms with E-state index in [1.54, 1.807) is 7.05 Å². The number of fused-ring (bicyclic) bond motifs is 1. The number of aryl methyl sites for hydroxylation is 2. The Labute approximate surface area is 126 Å². The van der Waals surface area contributed by atoms with Crippen LogP contribution in [0.25, 0.3) is 11.2 Å². The van der Waals surface area contributed by atoms with Crippen LogP contribution >= 0.6 is 0 Å². The topological polar surface area (TPSA) is 110 Å². The van der Waals surface area contributed by atoms with Crippen LogP contribution in [-0.4, -0.2) is 32.1 Å². The zero-order valence-corrected chi connectivity index (χ0v) is 12.8. The molecule has 2 heterocycles. The Kier molecular flexibility index (Phi) is 5.13. The molecule has 0 aromatic carbocycles. The van der Waals surface area contributed by atoms with E-state index in [9.17, 15) is 14.4 Å². The van der Waals surface area contributed by atoms with E-state index < -0.39 is 11.2 Å². The highest BCUT2D eigenvalue weighted by Gasteiger charge is 2.10. The van der Waals surface area contributed by atoms with Crippen LogP contribution in [0.1, 0.15) is 38.4 Å². The van der Waals surface area contributed by atoms with E-state index in [4.69, 9.17) is 4.74 Å². The van der Waals surface area contributed by atoms with Crippen LogP contribution in [0, 0.1) is 0 Å². The minimum absolute atomic E-state index is 0.190. The average Bonchev–Trinajstić information content (AvgIpc) is 2.92. The van der Waals surface area contributed by atoms with Crippen LogP contribution in [0.5, 0.6) is 0 Å². The van der Waals surface area contributed by atoms with Crippen molar-refractivity contribution in [3.63, 3.8) is 0 Å². The quantitative estimate of drug-likeness (QED) is 0.575. The van der Waals surface area contributed by atoms with Crippen molar-refractivity contribution < 1.29 is 9.53 Å². The fraction of sp³-hybridized carbons (Fsp3) is 0.571. The summed E-state index contributed by atoms with van der Waals surface area (Å²) in [7, 11) is 1.55. The number of nitrogens with zero attached hydrogens (tertiary/aromatic N) is 2. The Morgan fingerprint density at radius 2 is 2.05 bits per heavy atom. The highest BCUT2D eigenvalue weighted by Crippen LogP contribution is 2.08. The van der Waals surface area contributed by atoms with Crippen LogP contribution in [0.15, 0.2) is 9.59 Å². The van der Waals surface area contributed by atoms with Gasteiger partial charge in [0.15, 0.2) is 5.65 Å². The first-order chi connectivity index (χ1) is 10.5. The Bertz CT molecular complexity index is 771. The van der Waals surface area contributed by atoms with Gasteiger partial charge < -0.3 is 9.72 Å². The normalized spacial score (nSPS) is 11.0. The Morgan fingerprint density at radius 1 is 1.27 bits per heavy atom. The maximum Gasteiger partial charge on any atom is 0.329 e. The molecule has 0 fully saturated rings. The zero-order valence-electron chi connectivity index (χ0n) is 12.8. The van der Waals surface area contributed by atoms with Gasteiger partial charge in [-0.1, -0.05) is 6.92 Å². The summed E-state index contributed by atoms with van der Waals surface area (Å²) in [4.78, 5) is 43.9. The van der Waals surface area contributed by atoms with Crippen molar-refractivity contribution in [2.45, 2.75) is 39.0 Å². The number of rotatable bonds is 7. The number of H-pyrrole nitrogens is 2. The number of esters is 1. The van der Waals surface area contributed by atoms with Crippen LogP contribution in [0.2, 0.25) is 0 Å². The number of carbonyl (C=O) groups is 1. The predicted octanol–water partition coefficient (Wildman–Crippen LogP) is 0.616. The summed E-state index contributed by atoms with van der Waals surface area (Å²) in [5.74, 6) is 0.439. The lowest BCUT2D eigenvalue weighted by molar-refractivity contribution is -0.143. The van der Waals surface area contributed by atoms with Crippen molar-refractivity contribution in [2.24, 2.45) is 7.05 Å². The van der Waals surface area contributed by atoms with Gasteiger partial charge in [-0.2, -0.15) is 0 Å². The van der Waals surface area contributed by atoms with Gasteiger partial charge in [0, 0.05) is 19.9 Å². The summed E-state index contributed by atoms with van der Waals surface area (Å²) in [6.07, 6.45) is 3.22. The van der Waals surface area contributed by atoms with Gasteiger partial charge in [-0.25, -0.2) is 9.78 Å². The molecule has 0 spiro atoms. The maximum atomic E-state index is 11.7. The number of aromatic amines is 2.